The lowest BCUT2D eigenvalue weighted by Gasteiger charge is -2.13. The molecule has 0 atom stereocenters. The monoisotopic (exact) mass is 381 g/mol. The van der Waals surface area contributed by atoms with Crippen LogP contribution in [0.1, 0.15) is 30.2 Å². The predicted octanol–water partition coefficient (Wildman–Crippen LogP) is 4.50. The molecule has 0 saturated carbocycles. The van der Waals surface area contributed by atoms with Crippen LogP contribution in [0.2, 0.25) is 0 Å². The van der Waals surface area contributed by atoms with Gasteiger partial charge in [0.2, 0.25) is 0 Å². The van der Waals surface area contributed by atoms with Crippen molar-refractivity contribution in [2.75, 3.05) is 11.9 Å². The Labute approximate surface area is 134 Å². The molecule has 0 saturated heterocycles. The maximum absolute atomic E-state index is 4.73. The molecule has 1 aromatic carbocycles. The Morgan fingerprint density at radius 1 is 1.10 bits per heavy atom. The average Bonchev–Trinajstić information content (AvgIpc) is 2.40. The summed E-state index contributed by atoms with van der Waals surface area (Å²) < 4.78 is 1.10. The topological polar surface area (TPSA) is 37.8 Å². The molecule has 2 aromatic rings. The summed E-state index contributed by atoms with van der Waals surface area (Å²) in [4.78, 5) is 9.41. The van der Waals surface area contributed by atoms with Crippen LogP contribution in [0.25, 0.3) is 11.4 Å². The van der Waals surface area contributed by atoms with E-state index in [-0.39, 0.29) is 0 Å². The van der Waals surface area contributed by atoms with Gasteiger partial charge in [0, 0.05) is 12.1 Å². The Morgan fingerprint density at radius 3 is 2.35 bits per heavy atom. The largest absolute Gasteiger partial charge is 0.369 e. The van der Waals surface area contributed by atoms with E-state index in [9.17, 15) is 0 Å². The molecule has 4 heteroatoms. The molecule has 0 aliphatic rings. The van der Waals surface area contributed by atoms with Crippen molar-refractivity contribution in [3.8, 4) is 11.4 Å². The van der Waals surface area contributed by atoms with Crippen LogP contribution in [0.5, 0.6) is 0 Å². The van der Waals surface area contributed by atoms with E-state index >= 15 is 0 Å². The summed E-state index contributed by atoms with van der Waals surface area (Å²) >= 11 is 2.31. The third kappa shape index (κ3) is 3.11. The van der Waals surface area contributed by atoms with Crippen molar-refractivity contribution in [1.29, 1.82) is 0 Å². The molecule has 2 rings (SSSR count). The lowest BCUT2D eigenvalue weighted by molar-refractivity contribution is 0.957. The van der Waals surface area contributed by atoms with E-state index < -0.39 is 0 Å². The van der Waals surface area contributed by atoms with Crippen molar-refractivity contribution in [1.82, 2.24) is 9.97 Å². The molecule has 0 amide bonds. The fourth-order valence-corrected chi connectivity index (χ4v) is 2.63. The van der Waals surface area contributed by atoms with Gasteiger partial charge in [0.1, 0.15) is 5.82 Å². The Bertz CT molecular complexity index is 603. The van der Waals surface area contributed by atoms with Gasteiger partial charge in [-0.25, -0.2) is 9.97 Å². The first-order valence-electron chi connectivity index (χ1n) is 6.89. The molecular formula is C16H20IN3. The highest BCUT2D eigenvalue weighted by molar-refractivity contribution is 14.1. The van der Waals surface area contributed by atoms with Crippen LogP contribution >= 0.6 is 22.6 Å². The number of benzene rings is 1. The molecular weight excluding hydrogens is 361 g/mol. The lowest BCUT2D eigenvalue weighted by atomic mass is 10.0. The zero-order valence-electron chi connectivity index (χ0n) is 12.4. The van der Waals surface area contributed by atoms with Gasteiger partial charge >= 0.3 is 0 Å². The van der Waals surface area contributed by atoms with E-state index in [1.807, 2.05) is 6.92 Å². The Morgan fingerprint density at radius 2 is 1.75 bits per heavy atom. The molecule has 1 heterocycles. The van der Waals surface area contributed by atoms with Crippen LogP contribution < -0.4 is 5.32 Å². The zero-order valence-corrected chi connectivity index (χ0v) is 14.6. The standard InChI is InChI=1S/C16H20IN3/c1-5-9-18-16-14(17)12(4)19-15(20-16)13-10(2)7-6-8-11(13)3/h6-8H,5,9H2,1-4H3,(H,18,19,20). The third-order valence-electron chi connectivity index (χ3n) is 3.26. The van der Waals surface area contributed by atoms with Crippen molar-refractivity contribution in [3.63, 3.8) is 0 Å². The highest BCUT2D eigenvalue weighted by atomic mass is 127. The molecule has 0 fully saturated rings. The van der Waals surface area contributed by atoms with Crippen molar-refractivity contribution in [3.05, 3.63) is 38.6 Å². The lowest BCUT2D eigenvalue weighted by Crippen LogP contribution is -2.08. The number of rotatable bonds is 4. The van der Waals surface area contributed by atoms with E-state index in [4.69, 9.17) is 4.98 Å². The van der Waals surface area contributed by atoms with Crippen LogP contribution in [0, 0.1) is 24.3 Å². The summed E-state index contributed by atoms with van der Waals surface area (Å²) in [6.45, 7) is 9.34. The van der Waals surface area contributed by atoms with Crippen LogP contribution in [0.4, 0.5) is 5.82 Å². The van der Waals surface area contributed by atoms with Crippen LogP contribution in [0.3, 0.4) is 0 Å². The fourth-order valence-electron chi connectivity index (χ4n) is 2.20. The number of nitrogens with zero attached hydrogens (tertiary/aromatic N) is 2. The third-order valence-corrected chi connectivity index (χ3v) is 4.56. The van der Waals surface area contributed by atoms with Crippen molar-refractivity contribution >= 4 is 28.4 Å². The molecule has 3 nitrogen and oxygen atoms in total. The molecule has 0 aliphatic carbocycles. The summed E-state index contributed by atoms with van der Waals surface area (Å²) in [5.74, 6) is 1.76. The van der Waals surface area contributed by atoms with E-state index in [1.165, 1.54) is 11.1 Å². The summed E-state index contributed by atoms with van der Waals surface area (Å²) in [7, 11) is 0. The summed E-state index contributed by atoms with van der Waals surface area (Å²) in [5.41, 5.74) is 4.60. The number of hydrogen-bond donors (Lipinski definition) is 1. The van der Waals surface area contributed by atoms with Gasteiger partial charge in [0.15, 0.2) is 5.82 Å². The molecule has 0 aliphatic heterocycles. The van der Waals surface area contributed by atoms with E-state index in [0.717, 1.165) is 39.4 Å². The molecule has 0 spiro atoms. The quantitative estimate of drug-likeness (QED) is 0.793. The van der Waals surface area contributed by atoms with E-state index in [0.29, 0.717) is 0 Å². The first kappa shape index (κ1) is 15.2. The van der Waals surface area contributed by atoms with Crippen molar-refractivity contribution in [2.24, 2.45) is 0 Å². The van der Waals surface area contributed by atoms with Crippen LogP contribution in [0.15, 0.2) is 18.2 Å². The Balaban J connectivity index is 2.55. The highest BCUT2D eigenvalue weighted by Gasteiger charge is 2.13. The maximum atomic E-state index is 4.73. The van der Waals surface area contributed by atoms with Crippen molar-refractivity contribution < 1.29 is 0 Å². The first-order chi connectivity index (χ1) is 9.54. The second-order valence-corrected chi connectivity index (χ2v) is 6.07. The Hall–Kier alpha value is -1.17. The number of hydrogen-bond acceptors (Lipinski definition) is 3. The van der Waals surface area contributed by atoms with Gasteiger partial charge in [0.25, 0.3) is 0 Å². The smallest absolute Gasteiger partial charge is 0.162 e. The normalized spacial score (nSPS) is 10.7. The summed E-state index contributed by atoms with van der Waals surface area (Å²) in [6, 6.07) is 6.29. The van der Waals surface area contributed by atoms with Gasteiger partial charge < -0.3 is 5.32 Å². The number of anilines is 1. The minimum Gasteiger partial charge on any atom is -0.369 e. The number of aromatic nitrogens is 2. The molecule has 1 aromatic heterocycles. The minimum absolute atomic E-state index is 0.817. The minimum atomic E-state index is 0.817. The molecule has 106 valence electrons. The number of halogens is 1. The highest BCUT2D eigenvalue weighted by Crippen LogP contribution is 2.28. The summed E-state index contributed by atoms with van der Waals surface area (Å²) in [6.07, 6.45) is 1.08. The van der Waals surface area contributed by atoms with E-state index in [1.54, 1.807) is 0 Å². The predicted molar refractivity (Wildman–Crippen MR) is 93.2 cm³/mol. The SMILES string of the molecule is CCCNc1nc(-c2c(C)cccc2C)nc(C)c1I. The van der Waals surface area contributed by atoms with Gasteiger partial charge in [-0.3, -0.25) is 0 Å². The van der Waals surface area contributed by atoms with Gasteiger partial charge in [-0.1, -0.05) is 25.1 Å². The Kier molecular flexibility index (Phi) is 4.96. The maximum Gasteiger partial charge on any atom is 0.162 e. The van der Waals surface area contributed by atoms with Crippen LogP contribution in [-0.4, -0.2) is 16.5 Å². The van der Waals surface area contributed by atoms with Gasteiger partial charge in [-0.2, -0.15) is 0 Å². The fraction of sp³-hybridized carbons (Fsp3) is 0.375. The van der Waals surface area contributed by atoms with Gasteiger partial charge in [-0.05, 0) is 60.9 Å². The molecule has 0 bridgehead atoms. The first-order valence-corrected chi connectivity index (χ1v) is 7.97. The molecule has 20 heavy (non-hydrogen) atoms. The van der Waals surface area contributed by atoms with Gasteiger partial charge in [-0.15, -0.1) is 0 Å². The van der Waals surface area contributed by atoms with Crippen LogP contribution in [-0.2, 0) is 0 Å². The second-order valence-electron chi connectivity index (χ2n) is 4.99. The molecule has 0 unspecified atom stereocenters. The van der Waals surface area contributed by atoms with E-state index in [2.05, 4.69) is 71.9 Å². The second kappa shape index (κ2) is 6.52. The average molecular weight is 381 g/mol. The van der Waals surface area contributed by atoms with Gasteiger partial charge in [0.05, 0.1) is 9.26 Å². The number of nitrogens with one attached hydrogen (secondary N) is 1. The zero-order chi connectivity index (χ0) is 14.7. The molecule has 0 radical (unpaired) electrons. The molecule has 1 N–H and O–H groups in total. The number of aryl methyl sites for hydroxylation is 3. The summed E-state index contributed by atoms with van der Waals surface area (Å²) in [5, 5.41) is 3.39. The van der Waals surface area contributed by atoms with Crippen molar-refractivity contribution in [2.45, 2.75) is 34.1 Å².